The first-order chi connectivity index (χ1) is 14.9. The number of likely N-dealkylation sites (tertiary alicyclic amines) is 1. The van der Waals surface area contributed by atoms with Crippen LogP contribution in [0.5, 0.6) is 0 Å². The fourth-order valence-corrected chi connectivity index (χ4v) is 4.17. The lowest BCUT2D eigenvalue weighted by atomic mass is 9.93. The number of nitrogens with one attached hydrogen (secondary N) is 1. The summed E-state index contributed by atoms with van der Waals surface area (Å²) in [6, 6.07) is 7.94. The third-order valence-electron chi connectivity index (χ3n) is 5.95. The monoisotopic (exact) mass is 421 g/mol. The fraction of sp³-hybridized carbons (Fsp3) is 0.435. The maximum absolute atomic E-state index is 13.3. The van der Waals surface area contributed by atoms with Gasteiger partial charge in [0.1, 0.15) is 11.4 Å². The lowest BCUT2D eigenvalue weighted by molar-refractivity contribution is -0.122. The van der Waals surface area contributed by atoms with Crippen LogP contribution in [-0.2, 0) is 11.3 Å². The first-order valence-electron chi connectivity index (χ1n) is 10.6. The molecule has 1 fully saturated rings. The molecule has 0 unspecified atom stereocenters. The number of carbonyl (C=O) groups excluding carboxylic acids is 2. The molecule has 8 heteroatoms. The van der Waals surface area contributed by atoms with Crippen molar-refractivity contribution in [1.29, 1.82) is 0 Å². The zero-order chi connectivity index (χ0) is 22.0. The number of fused-ring (bicyclic) bond motifs is 1. The summed E-state index contributed by atoms with van der Waals surface area (Å²) in [4.78, 5) is 32.2. The van der Waals surface area contributed by atoms with Crippen molar-refractivity contribution in [3.63, 3.8) is 0 Å². The molecule has 8 nitrogen and oxygen atoms in total. The third-order valence-corrected chi connectivity index (χ3v) is 5.95. The first kappa shape index (κ1) is 21.0. The Bertz CT molecular complexity index is 1120. The van der Waals surface area contributed by atoms with Gasteiger partial charge < -0.3 is 10.2 Å². The van der Waals surface area contributed by atoms with Crippen LogP contribution in [0.4, 0.5) is 0 Å². The van der Waals surface area contributed by atoms with Crippen LogP contribution in [0.1, 0.15) is 52.3 Å². The predicted molar refractivity (Wildman–Crippen MR) is 115 cm³/mol. The molecule has 0 saturated carbocycles. The van der Waals surface area contributed by atoms with E-state index in [9.17, 15) is 9.59 Å². The molecule has 0 aliphatic carbocycles. The summed E-state index contributed by atoms with van der Waals surface area (Å²) in [7, 11) is 0. The molecule has 2 amide bonds. The molecule has 1 aliphatic heterocycles. The molecule has 1 aromatic carbocycles. The summed E-state index contributed by atoms with van der Waals surface area (Å²) in [5, 5.41) is 11.3. The van der Waals surface area contributed by atoms with Crippen LogP contribution in [0.2, 0.25) is 0 Å². The minimum atomic E-state index is -0.0549. The number of aromatic nitrogens is 3. The lowest BCUT2D eigenvalue weighted by Gasteiger charge is -2.33. The maximum atomic E-state index is 13.3. The van der Waals surface area contributed by atoms with Gasteiger partial charge in [0.2, 0.25) is 5.91 Å². The van der Waals surface area contributed by atoms with Crippen LogP contribution >= 0.6 is 0 Å². The number of aryl methyl sites for hydroxylation is 3. The molecule has 1 saturated heterocycles. The van der Waals surface area contributed by atoms with E-state index in [4.69, 9.17) is 0 Å². The number of benzene rings is 1. The van der Waals surface area contributed by atoms with E-state index < -0.39 is 0 Å². The highest BCUT2D eigenvalue weighted by Gasteiger charge is 2.27. The molecule has 31 heavy (non-hydrogen) atoms. The van der Waals surface area contributed by atoms with Crippen molar-refractivity contribution in [1.82, 2.24) is 25.5 Å². The van der Waals surface area contributed by atoms with Crippen molar-refractivity contribution in [2.24, 2.45) is 5.92 Å². The van der Waals surface area contributed by atoms with Crippen molar-refractivity contribution in [3.8, 4) is 0 Å². The molecule has 3 aromatic rings. The van der Waals surface area contributed by atoms with Crippen LogP contribution < -0.4 is 5.32 Å². The Morgan fingerprint density at radius 2 is 2.03 bits per heavy atom. The Balaban J connectivity index is 1.40. The molecule has 1 atom stereocenters. The van der Waals surface area contributed by atoms with Crippen LogP contribution in [0.25, 0.3) is 10.9 Å². The Morgan fingerprint density at radius 1 is 1.19 bits per heavy atom. The maximum Gasteiger partial charge on any atom is 0.255 e. The Kier molecular flexibility index (Phi) is 5.97. The van der Waals surface area contributed by atoms with Crippen LogP contribution in [0.15, 0.2) is 28.9 Å². The van der Waals surface area contributed by atoms with Gasteiger partial charge in [-0.05, 0) is 51.2 Å². The zero-order valence-corrected chi connectivity index (χ0v) is 18.1. The Morgan fingerprint density at radius 3 is 2.81 bits per heavy atom. The molecule has 2 aromatic heterocycles. The fourth-order valence-electron chi connectivity index (χ4n) is 4.17. The number of para-hydroxylation sites is 1. The molecular weight excluding hydrogens is 394 g/mol. The average Bonchev–Trinajstić information content (AvgIpc) is 3.17. The first-order valence-corrected chi connectivity index (χ1v) is 10.6. The van der Waals surface area contributed by atoms with Crippen molar-refractivity contribution in [2.75, 3.05) is 13.1 Å². The SMILES string of the molecule is Cc1nc2c(C)cccc2cc1C(=O)N1CCC[C@@H](CC(=O)NCc2nonc2C)C1. The highest BCUT2D eigenvalue weighted by atomic mass is 16.6. The highest BCUT2D eigenvalue weighted by Crippen LogP contribution is 2.24. The van der Waals surface area contributed by atoms with E-state index in [1.807, 2.05) is 43.0 Å². The van der Waals surface area contributed by atoms with E-state index in [0.717, 1.165) is 35.0 Å². The molecular formula is C23H27N5O3. The molecule has 0 spiro atoms. The van der Waals surface area contributed by atoms with E-state index in [-0.39, 0.29) is 17.7 Å². The van der Waals surface area contributed by atoms with Crippen molar-refractivity contribution < 1.29 is 14.2 Å². The molecule has 1 N–H and O–H groups in total. The smallest absolute Gasteiger partial charge is 0.255 e. The number of nitrogens with zero attached hydrogens (tertiary/aromatic N) is 4. The highest BCUT2D eigenvalue weighted by molar-refractivity contribution is 5.99. The van der Waals surface area contributed by atoms with Gasteiger partial charge in [-0.25, -0.2) is 4.63 Å². The van der Waals surface area contributed by atoms with E-state index in [1.165, 1.54) is 0 Å². The number of hydrogen-bond acceptors (Lipinski definition) is 6. The zero-order valence-electron chi connectivity index (χ0n) is 18.1. The number of piperidine rings is 1. The largest absolute Gasteiger partial charge is 0.350 e. The number of carbonyl (C=O) groups is 2. The second-order valence-corrected chi connectivity index (χ2v) is 8.30. The lowest BCUT2D eigenvalue weighted by Crippen LogP contribution is -2.41. The van der Waals surface area contributed by atoms with Gasteiger partial charge in [-0.3, -0.25) is 14.6 Å². The molecule has 1 aliphatic rings. The standard InChI is InChI=1S/C23H27N5O3/c1-14-6-4-8-18-11-19(15(2)25-22(14)18)23(30)28-9-5-7-17(13-28)10-21(29)24-12-20-16(3)26-31-27-20/h4,6,8,11,17H,5,7,9-10,12-13H2,1-3H3,(H,24,29)/t17-/m0/s1. The molecule has 162 valence electrons. The van der Waals surface area contributed by atoms with Crippen molar-refractivity contribution in [3.05, 3.63) is 52.5 Å². The number of amides is 2. The van der Waals surface area contributed by atoms with Crippen molar-refractivity contribution >= 4 is 22.7 Å². The Labute approximate surface area is 181 Å². The molecule has 3 heterocycles. The van der Waals surface area contributed by atoms with Gasteiger partial charge in [-0.1, -0.05) is 28.5 Å². The Hall–Kier alpha value is -3.29. The van der Waals surface area contributed by atoms with Crippen LogP contribution in [0, 0.1) is 26.7 Å². The van der Waals surface area contributed by atoms with Gasteiger partial charge in [0.25, 0.3) is 5.91 Å². The molecule has 0 radical (unpaired) electrons. The summed E-state index contributed by atoms with van der Waals surface area (Å²) in [6.45, 7) is 7.26. The summed E-state index contributed by atoms with van der Waals surface area (Å²) in [5.74, 6) is 0.0636. The van der Waals surface area contributed by atoms with Gasteiger partial charge in [-0.2, -0.15) is 0 Å². The topological polar surface area (TPSA) is 101 Å². The number of hydrogen-bond donors (Lipinski definition) is 1. The van der Waals surface area contributed by atoms with E-state index in [0.29, 0.717) is 43.0 Å². The molecule has 0 bridgehead atoms. The third kappa shape index (κ3) is 4.57. The molecule has 4 rings (SSSR count). The summed E-state index contributed by atoms with van der Waals surface area (Å²) >= 11 is 0. The minimum absolute atomic E-state index is 0.0113. The quantitative estimate of drug-likeness (QED) is 0.679. The summed E-state index contributed by atoms with van der Waals surface area (Å²) in [5.41, 5.74) is 4.70. The van der Waals surface area contributed by atoms with Crippen LogP contribution in [-0.4, -0.2) is 45.1 Å². The van der Waals surface area contributed by atoms with Gasteiger partial charge in [0, 0.05) is 24.9 Å². The second kappa shape index (κ2) is 8.83. The van der Waals surface area contributed by atoms with Crippen molar-refractivity contribution in [2.45, 2.75) is 46.6 Å². The normalized spacial score (nSPS) is 16.5. The van der Waals surface area contributed by atoms with E-state index in [2.05, 4.69) is 25.2 Å². The number of rotatable bonds is 5. The van der Waals surface area contributed by atoms with E-state index in [1.54, 1.807) is 6.92 Å². The average molecular weight is 422 g/mol. The second-order valence-electron chi connectivity index (χ2n) is 8.30. The van der Waals surface area contributed by atoms with E-state index >= 15 is 0 Å². The van der Waals surface area contributed by atoms with Gasteiger partial charge >= 0.3 is 0 Å². The number of pyridine rings is 1. The van der Waals surface area contributed by atoms with Crippen LogP contribution in [0.3, 0.4) is 0 Å². The van der Waals surface area contributed by atoms with Gasteiger partial charge in [0.05, 0.1) is 23.3 Å². The predicted octanol–water partition coefficient (Wildman–Crippen LogP) is 3.10. The van der Waals surface area contributed by atoms with Gasteiger partial charge in [-0.15, -0.1) is 0 Å². The summed E-state index contributed by atoms with van der Waals surface area (Å²) in [6.07, 6.45) is 2.19. The minimum Gasteiger partial charge on any atom is -0.350 e. The van der Waals surface area contributed by atoms with Gasteiger partial charge in [0.15, 0.2) is 0 Å². The summed E-state index contributed by atoms with van der Waals surface area (Å²) < 4.78 is 4.65.